The Morgan fingerprint density at radius 2 is 2.07 bits per heavy atom. The zero-order valence-electron chi connectivity index (χ0n) is 15.8. The molecule has 0 amide bonds. The van der Waals surface area contributed by atoms with Gasteiger partial charge in [0.2, 0.25) is 0 Å². The van der Waals surface area contributed by atoms with Crippen LogP contribution in [0, 0.1) is 0 Å². The Morgan fingerprint density at radius 1 is 1.21 bits per heavy atom. The number of rotatable bonds is 5. The van der Waals surface area contributed by atoms with Gasteiger partial charge in [-0.05, 0) is 18.4 Å². The van der Waals surface area contributed by atoms with E-state index >= 15 is 0 Å². The van der Waals surface area contributed by atoms with Gasteiger partial charge in [0.1, 0.15) is 24.3 Å². The van der Waals surface area contributed by atoms with Crippen molar-refractivity contribution in [2.24, 2.45) is 0 Å². The maximum Gasteiger partial charge on any atom is 0.186 e. The molecule has 5 atom stereocenters. The highest BCUT2D eigenvalue weighted by atomic mass is 32.2. The standard InChI is InChI=1S/C18H20N6O4S/c1-25-10-5-3-4-9(6-10)18-27-13-11(7-29-2)26-17(14(13)28-18)24-16-12(22-23-24)15(19)20-8-21-16/h3-6,8,11,13-14,17-18H,7H2,1-2H3,(H2,19,20,21). The first-order valence-electron chi connectivity index (χ1n) is 9.10. The van der Waals surface area contributed by atoms with Gasteiger partial charge in [0.25, 0.3) is 0 Å². The number of benzene rings is 1. The third kappa shape index (κ3) is 3.10. The summed E-state index contributed by atoms with van der Waals surface area (Å²) in [6.07, 6.45) is 1.58. The smallest absolute Gasteiger partial charge is 0.186 e. The first-order valence-corrected chi connectivity index (χ1v) is 10.5. The molecule has 5 rings (SSSR count). The second kappa shape index (κ2) is 7.41. The number of hydrogen-bond donors (Lipinski definition) is 1. The van der Waals surface area contributed by atoms with Crippen molar-refractivity contribution in [3.63, 3.8) is 0 Å². The average molecular weight is 416 g/mol. The summed E-state index contributed by atoms with van der Waals surface area (Å²) < 4.78 is 25.7. The number of fused-ring (bicyclic) bond motifs is 2. The van der Waals surface area contributed by atoms with Gasteiger partial charge >= 0.3 is 0 Å². The zero-order valence-corrected chi connectivity index (χ0v) is 16.7. The SMILES string of the molecule is COc1cccc(C2OC3C(CSC)OC(n4nnc5c(N)ncnc54)C3O2)c1. The Hall–Kier alpha value is -2.47. The molecule has 29 heavy (non-hydrogen) atoms. The Balaban J connectivity index is 1.48. The van der Waals surface area contributed by atoms with Gasteiger partial charge in [0.05, 0.1) is 13.2 Å². The number of hydrogen-bond acceptors (Lipinski definition) is 10. The molecule has 0 spiro atoms. The van der Waals surface area contributed by atoms with Crippen LogP contribution < -0.4 is 10.5 Å². The second-order valence-corrected chi connectivity index (χ2v) is 7.71. The van der Waals surface area contributed by atoms with Gasteiger partial charge in [0.15, 0.2) is 29.5 Å². The monoisotopic (exact) mass is 416 g/mol. The van der Waals surface area contributed by atoms with Crippen LogP contribution in [0.1, 0.15) is 18.1 Å². The molecule has 11 heteroatoms. The van der Waals surface area contributed by atoms with E-state index in [1.54, 1.807) is 23.6 Å². The molecule has 0 radical (unpaired) electrons. The van der Waals surface area contributed by atoms with Crippen LogP contribution in [0.15, 0.2) is 30.6 Å². The number of aromatic nitrogens is 5. The molecule has 5 unspecified atom stereocenters. The van der Waals surface area contributed by atoms with E-state index in [4.69, 9.17) is 24.7 Å². The maximum atomic E-state index is 6.29. The molecule has 152 valence electrons. The van der Waals surface area contributed by atoms with Crippen molar-refractivity contribution < 1.29 is 18.9 Å². The molecule has 2 aromatic heterocycles. The van der Waals surface area contributed by atoms with Gasteiger partial charge in [0, 0.05) is 11.3 Å². The third-order valence-electron chi connectivity index (χ3n) is 5.07. The van der Waals surface area contributed by atoms with Gasteiger partial charge in [-0.3, -0.25) is 0 Å². The van der Waals surface area contributed by atoms with Gasteiger partial charge in [-0.2, -0.15) is 16.4 Å². The quantitative estimate of drug-likeness (QED) is 0.656. The summed E-state index contributed by atoms with van der Waals surface area (Å²) in [5.41, 5.74) is 7.72. The van der Waals surface area contributed by atoms with Gasteiger partial charge in [-0.15, -0.1) is 5.10 Å². The number of methoxy groups -OCH3 is 1. The summed E-state index contributed by atoms with van der Waals surface area (Å²) in [4.78, 5) is 8.25. The molecule has 0 bridgehead atoms. The summed E-state index contributed by atoms with van der Waals surface area (Å²) in [7, 11) is 1.63. The fraction of sp³-hybridized carbons (Fsp3) is 0.444. The van der Waals surface area contributed by atoms with Crippen LogP contribution in [0.5, 0.6) is 5.75 Å². The predicted octanol–water partition coefficient (Wildman–Crippen LogP) is 1.56. The zero-order chi connectivity index (χ0) is 20.0. The molecule has 2 fully saturated rings. The van der Waals surface area contributed by atoms with Crippen LogP contribution in [-0.2, 0) is 14.2 Å². The van der Waals surface area contributed by atoms with E-state index < -0.39 is 12.5 Å². The number of nitrogens with two attached hydrogens (primary N) is 1. The molecule has 2 aliphatic heterocycles. The van der Waals surface area contributed by atoms with Crippen molar-refractivity contribution in [3.05, 3.63) is 36.2 Å². The summed E-state index contributed by atoms with van der Waals surface area (Å²) in [5.74, 6) is 1.78. The minimum atomic E-state index is -0.535. The highest BCUT2D eigenvalue weighted by Crippen LogP contribution is 2.45. The van der Waals surface area contributed by atoms with E-state index in [1.807, 2.05) is 30.5 Å². The fourth-order valence-electron chi connectivity index (χ4n) is 3.73. The van der Waals surface area contributed by atoms with Gasteiger partial charge < -0.3 is 24.7 Å². The first kappa shape index (κ1) is 18.6. The third-order valence-corrected chi connectivity index (χ3v) is 5.74. The molecule has 1 aromatic carbocycles. The highest BCUT2D eigenvalue weighted by Gasteiger charge is 2.54. The number of anilines is 1. The molecule has 2 N–H and O–H groups in total. The molecule has 2 saturated heterocycles. The summed E-state index contributed by atoms with van der Waals surface area (Å²) in [5, 5.41) is 8.33. The lowest BCUT2D eigenvalue weighted by Gasteiger charge is -2.20. The van der Waals surface area contributed by atoms with E-state index in [0.29, 0.717) is 11.2 Å². The predicted molar refractivity (Wildman–Crippen MR) is 105 cm³/mol. The van der Waals surface area contributed by atoms with E-state index in [2.05, 4.69) is 20.3 Å². The van der Waals surface area contributed by atoms with Crippen molar-refractivity contribution in [2.45, 2.75) is 30.8 Å². The summed E-state index contributed by atoms with van der Waals surface area (Å²) in [6, 6.07) is 7.65. The van der Waals surface area contributed by atoms with Crippen molar-refractivity contribution >= 4 is 28.7 Å². The molecule has 10 nitrogen and oxygen atoms in total. The van der Waals surface area contributed by atoms with Crippen LogP contribution in [0.4, 0.5) is 5.82 Å². The topological polar surface area (TPSA) is 119 Å². The van der Waals surface area contributed by atoms with Gasteiger partial charge in [-0.25, -0.2) is 9.97 Å². The summed E-state index contributed by atoms with van der Waals surface area (Å²) >= 11 is 1.68. The van der Waals surface area contributed by atoms with Crippen LogP contribution in [-0.4, -0.2) is 62.4 Å². The lowest BCUT2D eigenvalue weighted by molar-refractivity contribution is -0.145. The van der Waals surface area contributed by atoms with Crippen molar-refractivity contribution in [2.75, 3.05) is 24.9 Å². The Labute approximate surface area is 170 Å². The van der Waals surface area contributed by atoms with Crippen LogP contribution in [0.3, 0.4) is 0 Å². The van der Waals surface area contributed by atoms with Crippen LogP contribution >= 0.6 is 11.8 Å². The molecule has 2 aliphatic rings. The summed E-state index contributed by atoms with van der Waals surface area (Å²) in [6.45, 7) is 0. The normalized spacial score (nSPS) is 28.7. The fourth-order valence-corrected chi connectivity index (χ4v) is 4.33. The number of thioether (sulfide) groups is 1. The molecular formula is C18H20N6O4S. The van der Waals surface area contributed by atoms with Crippen molar-refractivity contribution in [3.8, 4) is 5.75 Å². The van der Waals surface area contributed by atoms with E-state index in [9.17, 15) is 0 Å². The molecular weight excluding hydrogens is 396 g/mol. The highest BCUT2D eigenvalue weighted by molar-refractivity contribution is 7.98. The van der Waals surface area contributed by atoms with E-state index in [0.717, 1.165) is 17.1 Å². The average Bonchev–Trinajstić information content (AvgIpc) is 3.43. The van der Waals surface area contributed by atoms with Crippen molar-refractivity contribution in [1.82, 2.24) is 25.0 Å². The van der Waals surface area contributed by atoms with Crippen LogP contribution in [0.2, 0.25) is 0 Å². The number of nitrogen functional groups attached to an aromatic ring is 1. The van der Waals surface area contributed by atoms with Crippen LogP contribution in [0.25, 0.3) is 11.2 Å². The maximum absolute atomic E-state index is 6.29. The Bertz CT molecular complexity index is 1030. The van der Waals surface area contributed by atoms with Gasteiger partial charge in [-0.1, -0.05) is 17.3 Å². The minimum Gasteiger partial charge on any atom is -0.497 e. The molecule has 0 saturated carbocycles. The largest absolute Gasteiger partial charge is 0.497 e. The molecule has 4 heterocycles. The van der Waals surface area contributed by atoms with E-state index in [1.165, 1.54) is 6.33 Å². The lowest BCUT2D eigenvalue weighted by Crippen LogP contribution is -2.30. The molecule has 3 aromatic rings. The Morgan fingerprint density at radius 3 is 2.90 bits per heavy atom. The minimum absolute atomic E-state index is 0.158. The second-order valence-electron chi connectivity index (χ2n) is 6.80. The number of ether oxygens (including phenoxy) is 4. The molecule has 0 aliphatic carbocycles. The van der Waals surface area contributed by atoms with Crippen molar-refractivity contribution in [1.29, 1.82) is 0 Å². The number of nitrogens with zero attached hydrogens (tertiary/aromatic N) is 5. The first-order chi connectivity index (χ1) is 14.2. The van der Waals surface area contributed by atoms with E-state index in [-0.39, 0.29) is 24.1 Å². The Kier molecular flexibility index (Phi) is 4.74. The lowest BCUT2D eigenvalue weighted by atomic mass is 10.1.